The van der Waals surface area contributed by atoms with Crippen molar-refractivity contribution in [1.82, 2.24) is 0 Å². The summed E-state index contributed by atoms with van der Waals surface area (Å²) in [5.74, 6) is 1.60. The molecule has 144 valence electrons. The zero-order valence-electron chi connectivity index (χ0n) is 16.6. The summed E-state index contributed by atoms with van der Waals surface area (Å²) in [5.41, 5.74) is 2.09. The van der Waals surface area contributed by atoms with Crippen molar-refractivity contribution in [3.63, 3.8) is 0 Å². The summed E-state index contributed by atoms with van der Waals surface area (Å²) in [7, 11) is 0. The first-order valence-electron chi connectivity index (χ1n) is 10.4. The van der Waals surface area contributed by atoms with Gasteiger partial charge in [-0.1, -0.05) is 32.9 Å². The van der Waals surface area contributed by atoms with Crippen LogP contribution in [0, 0.1) is 34.0 Å². The molecule has 3 heteroatoms. The van der Waals surface area contributed by atoms with Crippen LogP contribution >= 0.6 is 0 Å². The van der Waals surface area contributed by atoms with Gasteiger partial charge in [0.25, 0.3) is 0 Å². The lowest BCUT2D eigenvalue weighted by Gasteiger charge is -2.61. The van der Waals surface area contributed by atoms with Crippen LogP contribution in [0.4, 0.5) is 0 Å². The van der Waals surface area contributed by atoms with E-state index in [1.54, 1.807) is 0 Å². The number of carbonyl (C=O) groups is 1. The van der Waals surface area contributed by atoms with Crippen molar-refractivity contribution in [2.24, 2.45) is 34.0 Å². The number of allylic oxidation sites excluding steroid dienone is 1. The van der Waals surface area contributed by atoms with E-state index in [1.165, 1.54) is 5.57 Å². The molecular weight excluding hydrogens is 324 g/mol. The topological polar surface area (TPSA) is 57.5 Å². The summed E-state index contributed by atoms with van der Waals surface area (Å²) >= 11 is 0. The normalized spacial score (nSPS) is 50.5. The van der Waals surface area contributed by atoms with Crippen LogP contribution in [0.15, 0.2) is 23.8 Å². The Morgan fingerprint density at radius 2 is 1.96 bits per heavy atom. The Morgan fingerprint density at radius 1 is 1.23 bits per heavy atom. The highest BCUT2D eigenvalue weighted by Gasteiger charge is 2.65. The van der Waals surface area contributed by atoms with Gasteiger partial charge in [0, 0.05) is 6.42 Å². The monoisotopic (exact) mass is 358 g/mol. The van der Waals surface area contributed by atoms with Crippen LogP contribution in [0.5, 0.6) is 0 Å². The van der Waals surface area contributed by atoms with Gasteiger partial charge in [-0.15, -0.1) is 0 Å². The third kappa shape index (κ3) is 2.16. The highest BCUT2D eigenvalue weighted by Crippen LogP contribution is 2.71. The summed E-state index contributed by atoms with van der Waals surface area (Å²) in [4.78, 5) is 12.0. The molecule has 7 atom stereocenters. The third-order valence-corrected chi connectivity index (χ3v) is 9.47. The van der Waals surface area contributed by atoms with Crippen molar-refractivity contribution in [2.45, 2.75) is 71.8 Å². The van der Waals surface area contributed by atoms with Gasteiger partial charge in [-0.2, -0.15) is 0 Å². The van der Waals surface area contributed by atoms with Gasteiger partial charge in [0.1, 0.15) is 0 Å². The third-order valence-electron chi connectivity index (χ3n) is 9.47. The van der Waals surface area contributed by atoms with Crippen molar-refractivity contribution in [2.75, 3.05) is 6.61 Å². The number of rotatable bonds is 2. The number of hydrogen-bond acceptors (Lipinski definition) is 3. The van der Waals surface area contributed by atoms with Crippen LogP contribution < -0.4 is 0 Å². The molecule has 2 N–H and O–H groups in total. The number of hydrogen-bond donors (Lipinski definition) is 2. The van der Waals surface area contributed by atoms with Gasteiger partial charge in [-0.05, 0) is 84.2 Å². The molecule has 0 aromatic carbocycles. The molecule has 4 aliphatic carbocycles. The van der Waals surface area contributed by atoms with E-state index in [0.29, 0.717) is 18.3 Å². The zero-order chi connectivity index (χ0) is 18.9. The van der Waals surface area contributed by atoms with E-state index in [4.69, 9.17) is 0 Å². The molecule has 0 radical (unpaired) electrons. The minimum Gasteiger partial charge on any atom is -0.393 e. The van der Waals surface area contributed by atoms with Gasteiger partial charge >= 0.3 is 0 Å². The smallest absolute Gasteiger partial charge is 0.155 e. The van der Waals surface area contributed by atoms with Gasteiger partial charge in [0.05, 0.1) is 12.7 Å². The largest absolute Gasteiger partial charge is 0.393 e. The standard InChI is InChI=1S/C23H34O3/c1-14(13-24)22(3)10-8-18-17-6-5-15-11-16(25)7-9-21(15,2)20(17)19(26)12-23(18,22)4/h11,17-20,24,26H,1,5-10,12-13H2,2-4H3/t17-,18-,19-,20+,21-,22+,23-/m0/s1. The summed E-state index contributed by atoms with van der Waals surface area (Å²) < 4.78 is 0. The molecular formula is C23H34O3. The molecule has 26 heavy (non-hydrogen) atoms. The molecule has 0 amide bonds. The van der Waals surface area contributed by atoms with Gasteiger partial charge in [0.15, 0.2) is 5.78 Å². The van der Waals surface area contributed by atoms with E-state index in [0.717, 1.165) is 44.1 Å². The lowest BCUT2D eigenvalue weighted by atomic mass is 9.44. The minimum absolute atomic E-state index is 0.00450. The van der Waals surface area contributed by atoms with Crippen LogP contribution in [-0.2, 0) is 4.79 Å². The second kappa shape index (κ2) is 5.78. The van der Waals surface area contributed by atoms with Crippen molar-refractivity contribution < 1.29 is 15.0 Å². The average molecular weight is 359 g/mol. The Bertz CT molecular complexity index is 679. The molecule has 0 aromatic rings. The molecule has 0 aromatic heterocycles. The molecule has 4 rings (SSSR count). The summed E-state index contributed by atoms with van der Waals surface area (Å²) in [6.07, 6.45) is 8.15. The lowest BCUT2D eigenvalue weighted by molar-refractivity contribution is -0.141. The maximum absolute atomic E-state index is 12.0. The Labute approximate surface area is 157 Å². The fraction of sp³-hybridized carbons (Fsp3) is 0.783. The Balaban J connectivity index is 1.74. The molecule has 3 nitrogen and oxygen atoms in total. The first kappa shape index (κ1) is 18.4. The molecule has 0 spiro atoms. The SMILES string of the molecule is C=C(CO)[C@@]1(C)CC[C@H]2[C@@H]3CCC4=CC(=O)CC[C@]4(C)[C@H]3[C@@H](O)C[C@@]21C. The van der Waals surface area contributed by atoms with Crippen LogP contribution in [0.25, 0.3) is 0 Å². The molecule has 0 aliphatic heterocycles. The molecule has 3 fully saturated rings. The summed E-state index contributed by atoms with van der Waals surface area (Å²) in [6, 6.07) is 0. The van der Waals surface area contributed by atoms with Crippen molar-refractivity contribution >= 4 is 5.78 Å². The van der Waals surface area contributed by atoms with E-state index in [9.17, 15) is 15.0 Å². The first-order valence-corrected chi connectivity index (χ1v) is 10.4. The highest BCUT2D eigenvalue weighted by molar-refractivity contribution is 5.91. The fourth-order valence-corrected chi connectivity index (χ4v) is 7.69. The predicted octanol–water partition coefficient (Wildman–Crippen LogP) is 4.04. The lowest BCUT2D eigenvalue weighted by Crippen LogP contribution is -2.58. The average Bonchev–Trinajstić information content (AvgIpc) is 2.86. The molecule has 0 saturated heterocycles. The van der Waals surface area contributed by atoms with Crippen LogP contribution in [-0.4, -0.2) is 28.7 Å². The van der Waals surface area contributed by atoms with Crippen LogP contribution in [0.2, 0.25) is 0 Å². The second-order valence-electron chi connectivity index (χ2n) is 10.2. The van der Waals surface area contributed by atoms with Gasteiger partial charge in [0.2, 0.25) is 0 Å². The van der Waals surface area contributed by atoms with E-state index in [-0.39, 0.29) is 40.7 Å². The zero-order valence-corrected chi connectivity index (χ0v) is 16.6. The van der Waals surface area contributed by atoms with Gasteiger partial charge in [-0.25, -0.2) is 0 Å². The van der Waals surface area contributed by atoms with E-state index >= 15 is 0 Å². The molecule has 3 saturated carbocycles. The number of aliphatic hydroxyl groups excluding tert-OH is 2. The van der Waals surface area contributed by atoms with Gasteiger partial charge < -0.3 is 10.2 Å². The first-order chi connectivity index (χ1) is 12.2. The van der Waals surface area contributed by atoms with Crippen LogP contribution in [0.1, 0.15) is 65.7 Å². The Morgan fingerprint density at radius 3 is 2.65 bits per heavy atom. The second-order valence-corrected chi connectivity index (χ2v) is 10.2. The van der Waals surface area contributed by atoms with E-state index in [1.807, 2.05) is 6.08 Å². The van der Waals surface area contributed by atoms with E-state index in [2.05, 4.69) is 27.4 Å². The Hall–Kier alpha value is -0.930. The quantitative estimate of drug-likeness (QED) is 0.732. The molecule has 0 bridgehead atoms. The number of fused-ring (bicyclic) bond motifs is 5. The van der Waals surface area contributed by atoms with Crippen molar-refractivity contribution in [1.29, 1.82) is 0 Å². The summed E-state index contributed by atoms with van der Waals surface area (Å²) in [6.45, 7) is 11.1. The van der Waals surface area contributed by atoms with Crippen molar-refractivity contribution in [3.05, 3.63) is 23.8 Å². The molecule has 4 aliphatic rings. The minimum atomic E-state index is -0.341. The van der Waals surface area contributed by atoms with E-state index < -0.39 is 0 Å². The highest BCUT2D eigenvalue weighted by atomic mass is 16.3. The number of carbonyl (C=O) groups excluding carboxylic acids is 1. The van der Waals surface area contributed by atoms with Crippen molar-refractivity contribution in [3.8, 4) is 0 Å². The Kier molecular flexibility index (Phi) is 4.10. The number of ketones is 1. The molecule has 0 heterocycles. The van der Waals surface area contributed by atoms with Gasteiger partial charge in [-0.3, -0.25) is 4.79 Å². The fourth-order valence-electron chi connectivity index (χ4n) is 7.69. The maximum atomic E-state index is 12.0. The number of aliphatic hydroxyl groups is 2. The maximum Gasteiger partial charge on any atom is 0.155 e. The van der Waals surface area contributed by atoms with Crippen LogP contribution in [0.3, 0.4) is 0 Å². The summed E-state index contributed by atoms with van der Waals surface area (Å²) in [5, 5.41) is 21.2. The predicted molar refractivity (Wildman–Crippen MR) is 102 cm³/mol. The molecule has 0 unspecified atom stereocenters.